The fraction of sp³-hybridized carbons (Fsp3) is 0.200. The molecule has 32 heavy (non-hydrogen) atoms. The number of hydrogen-bond donors (Lipinski definition) is 2. The van der Waals surface area contributed by atoms with E-state index < -0.39 is 56.1 Å². The van der Waals surface area contributed by atoms with Gasteiger partial charge in [0.15, 0.2) is 21.5 Å². The van der Waals surface area contributed by atoms with Crippen molar-refractivity contribution in [1.82, 2.24) is 10.6 Å². The van der Waals surface area contributed by atoms with Crippen LogP contribution < -0.4 is 10.6 Å². The van der Waals surface area contributed by atoms with E-state index in [1.54, 1.807) is 0 Å². The summed E-state index contributed by atoms with van der Waals surface area (Å²) in [5.41, 5.74) is -0.654. The lowest BCUT2D eigenvalue weighted by atomic mass is 9.95. The minimum atomic E-state index is -4.22. The van der Waals surface area contributed by atoms with E-state index in [9.17, 15) is 31.2 Å². The second kappa shape index (κ2) is 9.21. The molecular weight excluding hydrogens is 473 g/mol. The third-order valence-corrected chi connectivity index (χ3v) is 6.44. The Morgan fingerprint density at radius 1 is 1.09 bits per heavy atom. The van der Waals surface area contributed by atoms with Crippen molar-refractivity contribution in [2.24, 2.45) is 0 Å². The molecule has 0 radical (unpaired) electrons. The normalized spacial score (nSPS) is 16.4. The largest absolute Gasteiger partial charge is 0.463 e. The molecule has 7 nitrogen and oxygen atoms in total. The minimum Gasteiger partial charge on any atom is -0.463 e. The molecule has 1 unspecified atom stereocenters. The predicted octanol–water partition coefficient (Wildman–Crippen LogP) is 3.40. The van der Waals surface area contributed by atoms with E-state index in [0.717, 1.165) is 36.4 Å². The Hall–Kier alpha value is -3.05. The van der Waals surface area contributed by atoms with E-state index in [1.807, 2.05) is 0 Å². The van der Waals surface area contributed by atoms with E-state index in [1.165, 1.54) is 6.92 Å². The Morgan fingerprint density at radius 3 is 2.41 bits per heavy atom. The molecule has 2 aromatic rings. The zero-order chi connectivity index (χ0) is 23.6. The van der Waals surface area contributed by atoms with Crippen LogP contribution in [-0.2, 0) is 19.4 Å². The lowest BCUT2D eigenvalue weighted by Crippen LogP contribution is -2.47. The molecule has 0 fully saturated rings. The van der Waals surface area contributed by atoms with Gasteiger partial charge >= 0.3 is 12.0 Å². The van der Waals surface area contributed by atoms with Crippen LogP contribution in [0.5, 0.6) is 0 Å². The molecule has 2 aromatic carbocycles. The molecule has 170 valence electrons. The molecule has 12 heteroatoms. The summed E-state index contributed by atoms with van der Waals surface area (Å²) in [7, 11) is -4.22. The Bertz CT molecular complexity index is 1230. The SMILES string of the molecule is CCOC(=O)C1=C(CS(=O)(=O)c2ccc(F)c(Cl)c2)NC(=O)NC1c1ccc(F)c(F)c1. The van der Waals surface area contributed by atoms with Gasteiger partial charge in [-0.1, -0.05) is 17.7 Å². The lowest BCUT2D eigenvalue weighted by Gasteiger charge is -2.29. The molecule has 0 saturated carbocycles. The highest BCUT2D eigenvalue weighted by molar-refractivity contribution is 7.91. The van der Waals surface area contributed by atoms with Crippen molar-refractivity contribution >= 4 is 33.4 Å². The van der Waals surface area contributed by atoms with Crippen LogP contribution in [0.1, 0.15) is 18.5 Å². The van der Waals surface area contributed by atoms with E-state index in [4.69, 9.17) is 16.3 Å². The fourth-order valence-electron chi connectivity index (χ4n) is 3.07. The summed E-state index contributed by atoms with van der Waals surface area (Å²) < 4.78 is 71.4. The molecule has 2 amide bonds. The van der Waals surface area contributed by atoms with E-state index >= 15 is 0 Å². The molecule has 1 aliphatic rings. The first-order valence-electron chi connectivity index (χ1n) is 9.14. The van der Waals surface area contributed by atoms with E-state index in [-0.39, 0.29) is 28.3 Å². The van der Waals surface area contributed by atoms with Gasteiger partial charge in [0.1, 0.15) is 5.82 Å². The van der Waals surface area contributed by atoms with Gasteiger partial charge in [0.05, 0.1) is 33.9 Å². The molecular formula is C20H16ClF3N2O5S. The number of halogens is 4. The van der Waals surface area contributed by atoms with Gasteiger partial charge in [-0.15, -0.1) is 0 Å². The second-order valence-corrected chi connectivity index (χ2v) is 9.05. The van der Waals surface area contributed by atoms with Gasteiger partial charge in [0.2, 0.25) is 0 Å². The molecule has 0 saturated heterocycles. The van der Waals surface area contributed by atoms with Crippen LogP contribution in [0, 0.1) is 17.5 Å². The van der Waals surface area contributed by atoms with Crippen molar-refractivity contribution in [3.8, 4) is 0 Å². The Balaban J connectivity index is 2.12. The first-order chi connectivity index (χ1) is 15.0. The smallest absolute Gasteiger partial charge is 0.338 e. The number of ether oxygens (including phenoxy) is 1. The van der Waals surface area contributed by atoms with Gasteiger partial charge < -0.3 is 15.4 Å². The number of carbonyl (C=O) groups is 2. The van der Waals surface area contributed by atoms with Crippen LogP contribution in [0.4, 0.5) is 18.0 Å². The average molecular weight is 489 g/mol. The maximum Gasteiger partial charge on any atom is 0.338 e. The van der Waals surface area contributed by atoms with Gasteiger partial charge in [-0.3, -0.25) is 0 Å². The van der Waals surface area contributed by atoms with E-state index in [0.29, 0.717) is 0 Å². The number of nitrogens with one attached hydrogen (secondary N) is 2. The number of amides is 2. The molecule has 0 spiro atoms. The topological polar surface area (TPSA) is 102 Å². The van der Waals surface area contributed by atoms with Crippen molar-refractivity contribution in [1.29, 1.82) is 0 Å². The number of esters is 1. The summed E-state index contributed by atoms with van der Waals surface area (Å²) in [6, 6.07) is 3.26. The molecule has 1 atom stereocenters. The van der Waals surface area contributed by atoms with Gasteiger partial charge in [0.25, 0.3) is 0 Å². The standard InChI is InChI=1S/C20H16ClF3N2O5S/c1-2-31-19(27)17-16(9-32(29,30)11-4-6-13(22)12(21)8-11)25-20(28)26-18(17)10-3-5-14(23)15(24)7-10/h3-8,18H,2,9H2,1H3,(H2,25,26,28). The van der Waals surface area contributed by atoms with Crippen molar-refractivity contribution < 1.29 is 35.9 Å². The molecule has 1 aliphatic heterocycles. The van der Waals surface area contributed by atoms with Crippen LogP contribution in [0.15, 0.2) is 52.6 Å². The van der Waals surface area contributed by atoms with Gasteiger partial charge in [-0.05, 0) is 42.8 Å². The first kappa shape index (κ1) is 23.6. The van der Waals surface area contributed by atoms with Crippen molar-refractivity contribution in [3.63, 3.8) is 0 Å². The van der Waals surface area contributed by atoms with E-state index in [2.05, 4.69) is 10.6 Å². The summed E-state index contributed by atoms with van der Waals surface area (Å²) in [5.74, 6) is -5.06. The zero-order valence-electron chi connectivity index (χ0n) is 16.4. The maximum atomic E-state index is 13.8. The number of carbonyl (C=O) groups excluding carboxylic acids is 2. The highest BCUT2D eigenvalue weighted by Gasteiger charge is 2.36. The van der Waals surface area contributed by atoms with Crippen LogP contribution in [0.25, 0.3) is 0 Å². The first-order valence-corrected chi connectivity index (χ1v) is 11.2. The van der Waals surface area contributed by atoms with Crippen LogP contribution in [0.2, 0.25) is 5.02 Å². The number of hydrogen-bond acceptors (Lipinski definition) is 5. The molecule has 0 aromatic heterocycles. The Morgan fingerprint density at radius 2 is 1.78 bits per heavy atom. The maximum absolute atomic E-state index is 13.8. The highest BCUT2D eigenvalue weighted by Crippen LogP contribution is 2.30. The number of urea groups is 1. The van der Waals surface area contributed by atoms with Crippen molar-refractivity contribution in [2.45, 2.75) is 17.9 Å². The van der Waals surface area contributed by atoms with Crippen LogP contribution >= 0.6 is 11.6 Å². The number of benzene rings is 2. The number of rotatable bonds is 6. The molecule has 1 heterocycles. The van der Waals surface area contributed by atoms with Gasteiger partial charge in [0, 0.05) is 5.70 Å². The minimum absolute atomic E-state index is 0.0125. The Kier molecular flexibility index (Phi) is 6.79. The van der Waals surface area contributed by atoms with Crippen molar-refractivity contribution in [3.05, 3.63) is 75.7 Å². The molecule has 3 rings (SSSR count). The third kappa shape index (κ3) is 4.89. The quantitative estimate of drug-likeness (QED) is 0.479. The van der Waals surface area contributed by atoms with Gasteiger partial charge in [-0.2, -0.15) is 0 Å². The zero-order valence-corrected chi connectivity index (χ0v) is 18.0. The second-order valence-electron chi connectivity index (χ2n) is 6.65. The molecule has 0 aliphatic carbocycles. The van der Waals surface area contributed by atoms with Crippen LogP contribution in [0.3, 0.4) is 0 Å². The van der Waals surface area contributed by atoms with Crippen LogP contribution in [-0.4, -0.2) is 32.8 Å². The van der Waals surface area contributed by atoms with Gasteiger partial charge in [-0.25, -0.2) is 31.2 Å². The number of sulfone groups is 1. The summed E-state index contributed by atoms with van der Waals surface area (Å²) in [6.07, 6.45) is 0. The monoisotopic (exact) mass is 488 g/mol. The molecule has 0 bridgehead atoms. The fourth-order valence-corrected chi connectivity index (χ4v) is 4.66. The Labute approximate surface area is 186 Å². The lowest BCUT2D eigenvalue weighted by molar-refractivity contribution is -0.139. The summed E-state index contributed by atoms with van der Waals surface area (Å²) in [4.78, 5) is 24.5. The molecule has 2 N–H and O–H groups in total. The highest BCUT2D eigenvalue weighted by atomic mass is 35.5. The summed E-state index contributed by atoms with van der Waals surface area (Å²) >= 11 is 5.67. The third-order valence-electron chi connectivity index (χ3n) is 4.51. The van der Waals surface area contributed by atoms with Crippen molar-refractivity contribution in [2.75, 3.05) is 12.4 Å². The predicted molar refractivity (Wildman–Crippen MR) is 108 cm³/mol. The average Bonchev–Trinajstić information content (AvgIpc) is 2.71. The summed E-state index contributed by atoms with van der Waals surface area (Å²) in [6.45, 7) is 1.44. The summed E-state index contributed by atoms with van der Waals surface area (Å²) in [5, 5.41) is 4.20.